The Balaban J connectivity index is 1.44. The van der Waals surface area contributed by atoms with Gasteiger partial charge in [0.1, 0.15) is 11.0 Å². The van der Waals surface area contributed by atoms with Crippen molar-refractivity contribution in [3.8, 4) is 11.1 Å². The predicted molar refractivity (Wildman–Crippen MR) is 157 cm³/mol. The number of hydrogen-bond acceptors (Lipinski definition) is 8. The lowest BCUT2D eigenvalue weighted by molar-refractivity contribution is -0.114. The molecule has 0 unspecified atom stereocenters. The van der Waals surface area contributed by atoms with E-state index in [9.17, 15) is 13.2 Å². The van der Waals surface area contributed by atoms with E-state index in [1.54, 1.807) is 24.3 Å². The average molecular weight is 560 g/mol. The first kappa shape index (κ1) is 27.6. The molecular formula is C29H33N7O3S. The fourth-order valence-electron chi connectivity index (χ4n) is 5.20. The molecule has 0 atom stereocenters. The van der Waals surface area contributed by atoms with Gasteiger partial charge in [-0.05, 0) is 92.3 Å². The molecule has 10 nitrogen and oxygen atoms in total. The second-order valence-electron chi connectivity index (χ2n) is 9.93. The van der Waals surface area contributed by atoms with Gasteiger partial charge in [-0.2, -0.15) is 0 Å². The van der Waals surface area contributed by atoms with Crippen molar-refractivity contribution in [2.24, 2.45) is 0 Å². The van der Waals surface area contributed by atoms with Gasteiger partial charge in [0, 0.05) is 32.2 Å². The Morgan fingerprint density at radius 3 is 2.30 bits per heavy atom. The number of fused-ring (bicyclic) bond motifs is 1. The summed E-state index contributed by atoms with van der Waals surface area (Å²) in [5.41, 5.74) is 6.38. The van der Waals surface area contributed by atoms with Crippen LogP contribution in [0.3, 0.4) is 0 Å². The van der Waals surface area contributed by atoms with E-state index in [1.807, 2.05) is 56.1 Å². The van der Waals surface area contributed by atoms with E-state index in [4.69, 9.17) is 0 Å². The largest absolute Gasteiger partial charge is 0.324 e. The van der Waals surface area contributed by atoms with Gasteiger partial charge >= 0.3 is 0 Å². The zero-order chi connectivity index (χ0) is 28.4. The van der Waals surface area contributed by atoms with E-state index in [2.05, 4.69) is 25.8 Å². The van der Waals surface area contributed by atoms with Gasteiger partial charge in [-0.3, -0.25) is 4.79 Å². The Morgan fingerprint density at radius 1 is 1.00 bits per heavy atom. The molecule has 0 saturated carbocycles. The summed E-state index contributed by atoms with van der Waals surface area (Å²) in [6.45, 7) is 9.24. The third-order valence-corrected chi connectivity index (χ3v) is 8.91. The monoisotopic (exact) mass is 559 g/mol. The number of amides is 1. The summed E-state index contributed by atoms with van der Waals surface area (Å²) in [5, 5.41) is 16.5. The average Bonchev–Trinajstić information content (AvgIpc) is 3.43. The highest BCUT2D eigenvalue weighted by molar-refractivity contribution is 7.89. The van der Waals surface area contributed by atoms with Crippen LogP contribution in [-0.4, -0.2) is 58.6 Å². The SMILES string of the molecule is CCN(N1CCCC1)S(=O)(=O)c1ccc(Nc2nnc3cc(-c4c(C)cccc4C)cc(NC(C)=O)c3n2)cc1. The van der Waals surface area contributed by atoms with E-state index in [0.717, 1.165) is 48.2 Å². The van der Waals surface area contributed by atoms with Gasteiger partial charge in [-0.1, -0.05) is 18.2 Å². The summed E-state index contributed by atoms with van der Waals surface area (Å²) in [6, 6.07) is 16.4. The van der Waals surface area contributed by atoms with Crippen molar-refractivity contribution in [2.75, 3.05) is 30.3 Å². The van der Waals surface area contributed by atoms with Gasteiger partial charge in [0.25, 0.3) is 10.0 Å². The second-order valence-corrected chi connectivity index (χ2v) is 11.8. The highest BCUT2D eigenvalue weighted by atomic mass is 32.2. The summed E-state index contributed by atoms with van der Waals surface area (Å²) in [6.07, 6.45) is 1.98. The van der Waals surface area contributed by atoms with E-state index < -0.39 is 10.0 Å². The quantitative estimate of drug-likeness (QED) is 0.308. The number of rotatable bonds is 8. The third-order valence-electron chi connectivity index (χ3n) is 6.99. The molecule has 11 heteroatoms. The minimum absolute atomic E-state index is 0.219. The third kappa shape index (κ3) is 5.53. The van der Waals surface area contributed by atoms with E-state index in [0.29, 0.717) is 29.0 Å². The lowest BCUT2D eigenvalue weighted by atomic mass is 9.95. The first-order valence-electron chi connectivity index (χ1n) is 13.3. The highest BCUT2D eigenvalue weighted by Crippen LogP contribution is 2.33. The van der Waals surface area contributed by atoms with Crippen LogP contribution in [0.1, 0.15) is 37.8 Å². The van der Waals surface area contributed by atoms with Crippen LogP contribution in [0.15, 0.2) is 59.5 Å². The van der Waals surface area contributed by atoms with Crippen LogP contribution in [0.5, 0.6) is 0 Å². The van der Waals surface area contributed by atoms with Crippen LogP contribution >= 0.6 is 0 Å². The standard InChI is InChI=1S/C29H33N7O3S/c1-5-36(35-15-6-7-16-35)40(38,39)24-13-11-23(12-14-24)31-29-32-28-25(30-21(4)37)17-22(18-26(28)33-34-29)27-19(2)9-8-10-20(27)3/h8-14,17-18H,5-7,15-16H2,1-4H3,(H,30,37)(H,31,32,34). The molecule has 4 aromatic rings. The van der Waals surface area contributed by atoms with Crippen LogP contribution in [0, 0.1) is 13.8 Å². The summed E-state index contributed by atoms with van der Waals surface area (Å²) >= 11 is 0. The summed E-state index contributed by atoms with van der Waals surface area (Å²) in [4.78, 5) is 16.9. The number of nitrogens with zero attached hydrogens (tertiary/aromatic N) is 5. The maximum absolute atomic E-state index is 13.3. The fourth-order valence-corrected chi connectivity index (χ4v) is 6.73. The van der Waals surface area contributed by atoms with Gasteiger partial charge < -0.3 is 10.6 Å². The summed E-state index contributed by atoms with van der Waals surface area (Å²) in [7, 11) is -3.66. The van der Waals surface area contributed by atoms with Gasteiger partial charge in [0.15, 0.2) is 0 Å². The Labute approximate surface area is 234 Å². The van der Waals surface area contributed by atoms with Crippen LogP contribution in [0.2, 0.25) is 0 Å². The van der Waals surface area contributed by atoms with Crippen LogP contribution in [0.4, 0.5) is 17.3 Å². The number of sulfonamides is 1. The topological polar surface area (TPSA) is 120 Å². The first-order valence-corrected chi connectivity index (χ1v) is 14.8. The van der Waals surface area contributed by atoms with Crippen LogP contribution in [0.25, 0.3) is 22.2 Å². The van der Waals surface area contributed by atoms with Crippen molar-refractivity contribution in [3.05, 3.63) is 65.7 Å². The van der Waals surface area contributed by atoms with Crippen LogP contribution < -0.4 is 10.6 Å². The van der Waals surface area contributed by atoms with Crippen molar-refractivity contribution >= 4 is 44.3 Å². The van der Waals surface area contributed by atoms with Crippen LogP contribution in [-0.2, 0) is 14.8 Å². The van der Waals surface area contributed by atoms with E-state index >= 15 is 0 Å². The second kappa shape index (κ2) is 11.3. The fraction of sp³-hybridized carbons (Fsp3) is 0.310. The van der Waals surface area contributed by atoms with Crippen molar-refractivity contribution < 1.29 is 13.2 Å². The lowest BCUT2D eigenvalue weighted by Crippen LogP contribution is -2.44. The number of hydrazine groups is 1. The molecule has 0 radical (unpaired) electrons. The Bertz CT molecular complexity index is 1650. The first-order chi connectivity index (χ1) is 19.2. The smallest absolute Gasteiger partial charge is 0.255 e. The Hall–Kier alpha value is -3.93. The molecule has 1 amide bonds. The molecule has 2 heterocycles. The molecule has 208 valence electrons. The zero-order valence-corrected chi connectivity index (χ0v) is 23.9. The van der Waals surface area contributed by atoms with E-state index in [1.165, 1.54) is 11.3 Å². The minimum Gasteiger partial charge on any atom is -0.324 e. The normalized spacial score (nSPS) is 14.1. The molecule has 0 bridgehead atoms. The van der Waals surface area contributed by atoms with Gasteiger partial charge in [0.2, 0.25) is 11.9 Å². The molecule has 5 rings (SSSR count). The number of carbonyl (C=O) groups excluding carboxylic acids is 1. The maximum atomic E-state index is 13.3. The number of aromatic nitrogens is 3. The molecule has 1 aliphatic rings. The molecule has 2 N–H and O–H groups in total. The molecule has 1 aromatic heterocycles. The molecule has 0 spiro atoms. The number of benzene rings is 3. The summed E-state index contributed by atoms with van der Waals surface area (Å²) < 4.78 is 28.0. The zero-order valence-electron chi connectivity index (χ0n) is 23.1. The Morgan fingerprint density at radius 2 is 1.68 bits per heavy atom. The van der Waals surface area contributed by atoms with Crippen molar-refractivity contribution in [1.82, 2.24) is 24.6 Å². The number of aryl methyl sites for hydroxylation is 2. The van der Waals surface area contributed by atoms with Gasteiger partial charge in [0.05, 0.1) is 10.6 Å². The molecule has 0 aliphatic carbocycles. The molecule has 1 aliphatic heterocycles. The molecule has 40 heavy (non-hydrogen) atoms. The van der Waals surface area contributed by atoms with Crippen molar-refractivity contribution in [1.29, 1.82) is 0 Å². The van der Waals surface area contributed by atoms with Gasteiger partial charge in [-0.15, -0.1) is 14.6 Å². The number of carbonyl (C=O) groups is 1. The lowest BCUT2D eigenvalue weighted by Gasteiger charge is -2.29. The minimum atomic E-state index is -3.66. The highest BCUT2D eigenvalue weighted by Gasteiger charge is 2.30. The van der Waals surface area contributed by atoms with E-state index in [-0.39, 0.29) is 16.8 Å². The Kier molecular flexibility index (Phi) is 7.79. The maximum Gasteiger partial charge on any atom is 0.255 e. The number of anilines is 3. The molecule has 1 fully saturated rings. The van der Waals surface area contributed by atoms with Gasteiger partial charge in [-0.25, -0.2) is 18.4 Å². The van der Waals surface area contributed by atoms with Crippen molar-refractivity contribution in [3.63, 3.8) is 0 Å². The molecule has 1 saturated heterocycles. The van der Waals surface area contributed by atoms with Crippen molar-refractivity contribution in [2.45, 2.75) is 45.4 Å². The summed E-state index contributed by atoms with van der Waals surface area (Å²) in [5.74, 6) is 0.00158. The number of hydrogen-bond donors (Lipinski definition) is 2. The number of nitrogens with one attached hydrogen (secondary N) is 2. The molecule has 3 aromatic carbocycles. The predicted octanol–water partition coefficient (Wildman–Crippen LogP) is 5.03. The molecular weight excluding hydrogens is 526 g/mol.